The number of anilines is 3. The highest BCUT2D eigenvalue weighted by Crippen LogP contribution is 2.61. The summed E-state index contributed by atoms with van der Waals surface area (Å²) in [4.78, 5) is 2.74. The quantitative estimate of drug-likeness (QED) is 0.165. The summed E-state index contributed by atoms with van der Waals surface area (Å²) < 4.78 is 9.70. The van der Waals surface area contributed by atoms with Crippen molar-refractivity contribution < 1.29 is 4.42 Å². The number of rotatable bonds is 6. The lowest BCUT2D eigenvalue weighted by atomic mass is 9.70. The molecular weight excluding hydrogens is 1150 g/mol. The first-order valence-electron chi connectivity index (χ1n) is 34.6. The summed E-state index contributed by atoms with van der Waals surface area (Å²) in [5, 5.41) is 4.75. The predicted octanol–water partition coefficient (Wildman–Crippen LogP) is 26.0. The van der Waals surface area contributed by atoms with Gasteiger partial charge in [-0.1, -0.05) is 276 Å². The van der Waals surface area contributed by atoms with Gasteiger partial charge in [0.15, 0.2) is 0 Å². The van der Waals surface area contributed by atoms with Crippen molar-refractivity contribution >= 4 is 60.8 Å². The molecule has 2 aliphatic rings. The third-order valence-corrected chi connectivity index (χ3v) is 20.9. The van der Waals surface area contributed by atoms with Gasteiger partial charge in [0.05, 0.1) is 28.1 Å². The number of hydrogen-bond donors (Lipinski definition) is 0. The summed E-state index contributed by atoms with van der Waals surface area (Å²) >= 11 is 0. The molecule has 1 atom stereocenters. The third-order valence-electron chi connectivity index (χ3n) is 20.9. The van der Waals surface area contributed by atoms with Crippen LogP contribution in [0.4, 0.5) is 17.1 Å². The standard InChI is InChI=1S/C92H92N2O/c1-87(2,3)63-36-39-76-74(51-63)75-52-64(88(4,5)6)37-40-77(75)93(76)69-46-62-41-59-34-33-57(60-42-65(89(7,8)9)49-66(43-60)90(10,11)12)47-72(59)84-70-38-35-58(61-44-67(91(13,14)15)50-68(45-61)92(16,17)18)48-78(70)94(79(53-69)82(62)84)86-73(55-27-21-19-22-28-55)54-81-85(71-31-25-26-32-80(71)95-81)83(86)56-29-23-20-24-30-56/h19-40,42-54,84H,41H2,1-18H3. The second-order valence-corrected chi connectivity index (χ2v) is 33.9. The second-order valence-electron chi connectivity index (χ2n) is 33.9. The average Bonchev–Trinajstić information content (AvgIpc) is 1.53. The van der Waals surface area contributed by atoms with Gasteiger partial charge in [-0.2, -0.15) is 0 Å². The number of nitrogens with zero attached hydrogens (tertiary/aromatic N) is 2. The topological polar surface area (TPSA) is 21.3 Å². The molecule has 0 spiro atoms. The van der Waals surface area contributed by atoms with Crippen molar-refractivity contribution in [2.75, 3.05) is 4.90 Å². The van der Waals surface area contributed by atoms with Gasteiger partial charge in [0.2, 0.25) is 0 Å². The van der Waals surface area contributed by atoms with E-state index in [4.69, 9.17) is 4.42 Å². The van der Waals surface area contributed by atoms with Crippen LogP contribution in [0.25, 0.3) is 93.9 Å². The molecule has 0 saturated carbocycles. The number of benzene rings is 11. The molecule has 476 valence electrons. The molecule has 0 bridgehead atoms. The highest BCUT2D eigenvalue weighted by molar-refractivity contribution is 6.20. The lowest BCUT2D eigenvalue weighted by Gasteiger charge is -2.43. The summed E-state index contributed by atoms with van der Waals surface area (Å²) in [5.74, 6) is -0.113. The van der Waals surface area contributed by atoms with Gasteiger partial charge in [0.1, 0.15) is 11.2 Å². The van der Waals surface area contributed by atoms with E-state index in [1.54, 1.807) is 0 Å². The Hall–Kier alpha value is -9.18. The molecule has 1 unspecified atom stereocenters. The van der Waals surface area contributed by atoms with Crippen LogP contribution in [-0.2, 0) is 38.9 Å². The summed E-state index contributed by atoms with van der Waals surface area (Å²) in [6.45, 7) is 42.3. The van der Waals surface area contributed by atoms with Crippen LogP contribution in [0.5, 0.6) is 0 Å². The molecule has 1 aliphatic carbocycles. The molecule has 11 aromatic carbocycles. The normalized spacial score (nSPS) is 14.5. The van der Waals surface area contributed by atoms with Crippen LogP contribution in [0.15, 0.2) is 217 Å². The highest BCUT2D eigenvalue weighted by atomic mass is 16.3. The molecule has 13 aromatic rings. The molecule has 0 radical (unpaired) electrons. The Morgan fingerprint density at radius 1 is 0.337 bits per heavy atom. The minimum atomic E-state index is -0.113. The number of hydrogen-bond acceptors (Lipinski definition) is 2. The summed E-state index contributed by atoms with van der Waals surface area (Å²) in [5.41, 5.74) is 32.6. The molecule has 3 heterocycles. The number of furan rings is 1. The SMILES string of the molecule is CC(C)(C)c1cc(-c2ccc3c(c2)C2c4ccc(-c5cc(C(C)(C)C)cc(C(C)(C)C)c5)cc4N(c4c(-c5ccccc5)cc5oc6ccccc6c5c4-c4ccccc4)c4cc(-n5c6ccc(C(C)(C)C)cc6c6cc(C(C)(C)C)ccc65)cc(c42)C3)cc(C(C)(C)C)c1. The smallest absolute Gasteiger partial charge is 0.136 e. The van der Waals surface area contributed by atoms with Gasteiger partial charge in [0, 0.05) is 44.3 Å². The summed E-state index contributed by atoms with van der Waals surface area (Å²) in [6, 6.07) is 82.8. The maximum absolute atomic E-state index is 7.10. The van der Waals surface area contributed by atoms with Crippen LogP contribution >= 0.6 is 0 Å². The number of para-hydroxylation sites is 1. The fourth-order valence-corrected chi connectivity index (χ4v) is 15.3. The first-order valence-corrected chi connectivity index (χ1v) is 34.6. The molecule has 2 aromatic heterocycles. The van der Waals surface area contributed by atoms with E-state index in [1.807, 2.05) is 0 Å². The fraction of sp³-hybridized carbons (Fsp3) is 0.283. The highest BCUT2D eigenvalue weighted by Gasteiger charge is 2.42. The van der Waals surface area contributed by atoms with Gasteiger partial charge in [-0.15, -0.1) is 0 Å². The minimum Gasteiger partial charge on any atom is -0.456 e. The van der Waals surface area contributed by atoms with Crippen LogP contribution in [0.2, 0.25) is 0 Å². The predicted molar refractivity (Wildman–Crippen MR) is 407 cm³/mol. The molecule has 95 heavy (non-hydrogen) atoms. The van der Waals surface area contributed by atoms with E-state index in [1.165, 1.54) is 111 Å². The first-order chi connectivity index (χ1) is 44.9. The van der Waals surface area contributed by atoms with Crippen molar-refractivity contribution in [2.24, 2.45) is 0 Å². The molecule has 3 nitrogen and oxygen atoms in total. The zero-order valence-electron chi connectivity index (χ0n) is 59.3. The molecule has 0 saturated heterocycles. The van der Waals surface area contributed by atoms with Crippen molar-refractivity contribution in [2.45, 2.75) is 169 Å². The minimum absolute atomic E-state index is 0.0393. The Kier molecular flexibility index (Phi) is 14.1. The molecule has 1 aliphatic heterocycles. The Balaban J connectivity index is 1.12. The largest absolute Gasteiger partial charge is 0.456 e. The van der Waals surface area contributed by atoms with E-state index in [0.717, 1.165) is 67.7 Å². The molecular formula is C92H92N2O. The lowest BCUT2D eigenvalue weighted by Crippen LogP contribution is -2.28. The van der Waals surface area contributed by atoms with E-state index < -0.39 is 0 Å². The van der Waals surface area contributed by atoms with E-state index in [2.05, 4.69) is 346 Å². The third kappa shape index (κ3) is 10.6. The summed E-state index contributed by atoms with van der Waals surface area (Å²) in [6.07, 6.45) is 0.774. The maximum atomic E-state index is 7.10. The zero-order chi connectivity index (χ0) is 66.8. The maximum Gasteiger partial charge on any atom is 0.136 e. The van der Waals surface area contributed by atoms with Gasteiger partial charge >= 0.3 is 0 Å². The van der Waals surface area contributed by atoms with E-state index in [9.17, 15) is 0 Å². The molecule has 0 fully saturated rings. The first kappa shape index (κ1) is 62.0. The van der Waals surface area contributed by atoms with Crippen molar-refractivity contribution in [3.05, 3.63) is 274 Å². The van der Waals surface area contributed by atoms with Crippen LogP contribution < -0.4 is 4.90 Å². The van der Waals surface area contributed by atoms with Gasteiger partial charge in [-0.25, -0.2) is 0 Å². The monoisotopic (exact) mass is 1240 g/mol. The van der Waals surface area contributed by atoms with Crippen LogP contribution in [0, 0.1) is 0 Å². The van der Waals surface area contributed by atoms with Crippen molar-refractivity contribution in [1.29, 1.82) is 0 Å². The van der Waals surface area contributed by atoms with Crippen LogP contribution in [0.3, 0.4) is 0 Å². The molecule has 0 N–H and O–H groups in total. The van der Waals surface area contributed by atoms with Crippen LogP contribution in [0.1, 0.15) is 192 Å². The Morgan fingerprint density at radius 2 is 0.832 bits per heavy atom. The number of fused-ring (bicyclic) bond motifs is 10. The molecule has 0 amide bonds. The van der Waals surface area contributed by atoms with Crippen molar-refractivity contribution in [3.63, 3.8) is 0 Å². The molecule has 3 heteroatoms. The Labute approximate surface area is 564 Å². The van der Waals surface area contributed by atoms with E-state index in [-0.39, 0.29) is 38.4 Å². The number of aromatic nitrogens is 1. The van der Waals surface area contributed by atoms with Crippen LogP contribution in [-0.4, -0.2) is 4.57 Å². The van der Waals surface area contributed by atoms with Gasteiger partial charge in [-0.05, 0) is 194 Å². The van der Waals surface area contributed by atoms with E-state index >= 15 is 0 Å². The Morgan fingerprint density at radius 3 is 1.37 bits per heavy atom. The zero-order valence-corrected chi connectivity index (χ0v) is 59.3. The lowest BCUT2D eigenvalue weighted by molar-refractivity contribution is 0.568. The fourth-order valence-electron chi connectivity index (χ4n) is 15.3. The van der Waals surface area contributed by atoms with Crippen molar-refractivity contribution in [3.8, 4) is 50.2 Å². The average molecular weight is 1240 g/mol. The van der Waals surface area contributed by atoms with E-state index in [0.29, 0.717) is 0 Å². The van der Waals surface area contributed by atoms with Crippen molar-refractivity contribution in [1.82, 2.24) is 4.57 Å². The summed E-state index contributed by atoms with van der Waals surface area (Å²) in [7, 11) is 0. The Bertz CT molecular complexity index is 5120. The van der Waals surface area contributed by atoms with Gasteiger partial charge in [0.25, 0.3) is 0 Å². The second kappa shape index (κ2) is 21.7. The van der Waals surface area contributed by atoms with Gasteiger partial charge in [-0.3, -0.25) is 0 Å². The molecule has 15 rings (SSSR count). The van der Waals surface area contributed by atoms with Gasteiger partial charge < -0.3 is 13.9 Å².